The number of ether oxygens (including phenoxy) is 1. The van der Waals surface area contributed by atoms with Gasteiger partial charge in [-0.15, -0.1) is 11.3 Å². The lowest BCUT2D eigenvalue weighted by Crippen LogP contribution is -2.42. The van der Waals surface area contributed by atoms with Crippen molar-refractivity contribution in [1.82, 2.24) is 15.2 Å². The van der Waals surface area contributed by atoms with Crippen LogP contribution >= 0.6 is 11.3 Å². The standard InChI is InChI=1S/C26H26F5N3O3S/c1-24(2,3)37-23(36)32-14-20-33-19-13-17(12-18(21(19)38-20)26(29,30)31)15-4-6-16(7-5-15)22(35)34-10-8-25(27,28)9-11-34/h4-7,12-13H,8-11,14H2,1-3H3,(H,32,36). The number of hydrogen-bond donors (Lipinski definition) is 1. The second-order valence-electron chi connectivity index (χ2n) is 10.1. The number of hydrogen-bond acceptors (Lipinski definition) is 5. The Morgan fingerprint density at radius 2 is 1.68 bits per heavy atom. The van der Waals surface area contributed by atoms with E-state index in [1.807, 2.05) is 0 Å². The minimum atomic E-state index is -4.65. The molecule has 204 valence electrons. The van der Waals surface area contributed by atoms with Crippen LogP contribution in [0.15, 0.2) is 36.4 Å². The highest BCUT2D eigenvalue weighted by Crippen LogP contribution is 2.40. The van der Waals surface area contributed by atoms with Gasteiger partial charge < -0.3 is 15.0 Å². The van der Waals surface area contributed by atoms with Crippen LogP contribution in [0, 0.1) is 0 Å². The fourth-order valence-corrected chi connectivity index (χ4v) is 5.04. The molecule has 6 nitrogen and oxygen atoms in total. The third-order valence-electron chi connectivity index (χ3n) is 5.87. The first kappa shape index (κ1) is 27.7. The summed E-state index contributed by atoms with van der Waals surface area (Å²) >= 11 is 0.832. The number of carbonyl (C=O) groups excluding carboxylic acids is 2. The molecule has 1 aliphatic rings. The predicted octanol–water partition coefficient (Wildman–Crippen LogP) is 6.88. The molecule has 1 N–H and O–H groups in total. The minimum absolute atomic E-state index is 0.0593. The van der Waals surface area contributed by atoms with E-state index >= 15 is 0 Å². The van der Waals surface area contributed by atoms with Gasteiger partial charge in [0.05, 0.1) is 22.3 Å². The molecule has 0 bridgehead atoms. The summed E-state index contributed by atoms with van der Waals surface area (Å²) in [5.41, 5.74) is -0.520. The molecule has 0 unspecified atom stereocenters. The zero-order valence-corrected chi connectivity index (χ0v) is 21.7. The molecule has 0 atom stereocenters. The number of nitrogens with zero attached hydrogens (tertiary/aromatic N) is 2. The first-order valence-corrected chi connectivity index (χ1v) is 12.7. The Morgan fingerprint density at radius 1 is 1.05 bits per heavy atom. The van der Waals surface area contributed by atoms with Crippen LogP contribution in [0.5, 0.6) is 0 Å². The average Bonchev–Trinajstić information content (AvgIpc) is 3.23. The summed E-state index contributed by atoms with van der Waals surface area (Å²) in [5.74, 6) is -3.18. The van der Waals surface area contributed by atoms with E-state index in [1.54, 1.807) is 20.8 Å². The van der Waals surface area contributed by atoms with Gasteiger partial charge in [-0.1, -0.05) is 12.1 Å². The summed E-state index contributed by atoms with van der Waals surface area (Å²) in [5, 5.41) is 2.78. The molecule has 0 spiro atoms. The van der Waals surface area contributed by atoms with Gasteiger partial charge >= 0.3 is 12.3 Å². The fourth-order valence-electron chi connectivity index (χ4n) is 4.02. The number of thiazole rings is 1. The molecule has 3 aromatic rings. The van der Waals surface area contributed by atoms with Crippen LogP contribution in [0.2, 0.25) is 0 Å². The predicted molar refractivity (Wildman–Crippen MR) is 133 cm³/mol. The molecule has 1 fully saturated rings. The van der Waals surface area contributed by atoms with Crippen molar-refractivity contribution in [3.63, 3.8) is 0 Å². The van der Waals surface area contributed by atoms with Crippen LogP contribution < -0.4 is 5.32 Å². The Bertz CT molecular complexity index is 1340. The van der Waals surface area contributed by atoms with Gasteiger partial charge in [-0.2, -0.15) is 13.2 Å². The Balaban J connectivity index is 1.57. The van der Waals surface area contributed by atoms with Crippen molar-refractivity contribution in [1.29, 1.82) is 0 Å². The van der Waals surface area contributed by atoms with Crippen LogP contribution in [-0.2, 0) is 17.5 Å². The van der Waals surface area contributed by atoms with Crippen molar-refractivity contribution in [3.8, 4) is 11.1 Å². The van der Waals surface area contributed by atoms with Gasteiger partial charge in [0.15, 0.2) is 0 Å². The van der Waals surface area contributed by atoms with Crippen molar-refractivity contribution >= 4 is 33.6 Å². The van der Waals surface area contributed by atoms with Gasteiger partial charge in [0.1, 0.15) is 10.6 Å². The number of fused-ring (bicyclic) bond motifs is 1. The zero-order chi connectivity index (χ0) is 27.9. The quantitative estimate of drug-likeness (QED) is 0.357. The van der Waals surface area contributed by atoms with Gasteiger partial charge in [0, 0.05) is 31.5 Å². The smallest absolute Gasteiger partial charge is 0.417 e. The van der Waals surface area contributed by atoms with Gasteiger partial charge in [-0.25, -0.2) is 18.6 Å². The highest BCUT2D eigenvalue weighted by atomic mass is 32.1. The summed E-state index contributed by atoms with van der Waals surface area (Å²) in [6, 6.07) is 8.52. The number of aromatic nitrogens is 1. The summed E-state index contributed by atoms with van der Waals surface area (Å²) in [7, 11) is 0. The first-order chi connectivity index (χ1) is 17.6. The van der Waals surface area contributed by atoms with Crippen molar-refractivity contribution in [2.24, 2.45) is 0 Å². The van der Waals surface area contributed by atoms with Crippen LogP contribution in [-0.4, -0.2) is 46.5 Å². The van der Waals surface area contributed by atoms with E-state index in [0.29, 0.717) is 5.56 Å². The fraction of sp³-hybridized carbons (Fsp3) is 0.423. The normalized spacial score (nSPS) is 15.9. The summed E-state index contributed by atoms with van der Waals surface area (Å²) in [6.07, 6.45) is -6.16. The Labute approximate surface area is 219 Å². The van der Waals surface area contributed by atoms with E-state index < -0.39 is 48.1 Å². The lowest BCUT2D eigenvalue weighted by Gasteiger charge is -2.31. The molecule has 2 amide bonds. The lowest BCUT2D eigenvalue weighted by molar-refractivity contribution is -0.136. The Morgan fingerprint density at radius 3 is 2.26 bits per heavy atom. The molecule has 0 radical (unpaired) electrons. The van der Waals surface area contributed by atoms with E-state index in [4.69, 9.17) is 4.74 Å². The van der Waals surface area contributed by atoms with E-state index in [2.05, 4.69) is 10.3 Å². The van der Waals surface area contributed by atoms with Crippen LogP contribution in [0.4, 0.5) is 26.7 Å². The molecular weight excluding hydrogens is 529 g/mol. The molecule has 2 heterocycles. The molecule has 2 aromatic carbocycles. The maximum absolute atomic E-state index is 13.9. The van der Waals surface area contributed by atoms with Crippen molar-refractivity contribution in [3.05, 3.63) is 52.5 Å². The maximum atomic E-state index is 13.9. The topological polar surface area (TPSA) is 71.5 Å². The summed E-state index contributed by atoms with van der Waals surface area (Å²) in [4.78, 5) is 30.2. The second-order valence-corrected chi connectivity index (χ2v) is 11.1. The molecule has 38 heavy (non-hydrogen) atoms. The number of rotatable bonds is 4. The number of likely N-dealkylation sites (tertiary alicyclic amines) is 1. The SMILES string of the molecule is CC(C)(C)OC(=O)NCc1nc2cc(-c3ccc(C(=O)N4CCC(F)(F)CC4)cc3)cc(C(F)(F)F)c2s1. The molecule has 1 aliphatic heterocycles. The van der Waals surface area contributed by atoms with Crippen LogP contribution in [0.25, 0.3) is 21.3 Å². The highest BCUT2D eigenvalue weighted by Gasteiger charge is 2.36. The monoisotopic (exact) mass is 555 g/mol. The zero-order valence-electron chi connectivity index (χ0n) is 20.9. The molecule has 0 saturated carbocycles. The molecule has 1 saturated heterocycles. The molecule has 4 rings (SSSR count). The molecule has 0 aliphatic carbocycles. The average molecular weight is 556 g/mol. The van der Waals surface area contributed by atoms with E-state index in [9.17, 15) is 31.5 Å². The van der Waals surface area contributed by atoms with Crippen LogP contribution in [0.3, 0.4) is 0 Å². The van der Waals surface area contributed by atoms with E-state index in [1.165, 1.54) is 35.2 Å². The van der Waals surface area contributed by atoms with Crippen molar-refractivity contribution < 1.29 is 36.3 Å². The number of halogens is 5. The summed E-state index contributed by atoms with van der Waals surface area (Å²) < 4.78 is 73.7. The van der Waals surface area contributed by atoms with E-state index in [0.717, 1.165) is 17.4 Å². The number of alkyl carbamates (subject to hydrolysis) is 1. The largest absolute Gasteiger partial charge is 0.444 e. The number of nitrogens with one attached hydrogen (secondary N) is 1. The molecular formula is C26H26F5N3O3S. The number of piperidine rings is 1. The van der Waals surface area contributed by atoms with Crippen molar-refractivity contribution in [2.75, 3.05) is 13.1 Å². The minimum Gasteiger partial charge on any atom is -0.444 e. The van der Waals surface area contributed by atoms with Gasteiger partial charge in [0.2, 0.25) is 0 Å². The summed E-state index contributed by atoms with van der Waals surface area (Å²) in [6.45, 7) is 4.86. The van der Waals surface area contributed by atoms with Gasteiger partial charge in [-0.05, 0) is 56.2 Å². The second kappa shape index (κ2) is 10.1. The van der Waals surface area contributed by atoms with Gasteiger partial charge in [-0.3, -0.25) is 4.79 Å². The Kier molecular flexibility index (Phi) is 7.39. The number of benzene rings is 2. The highest BCUT2D eigenvalue weighted by molar-refractivity contribution is 7.18. The third-order valence-corrected chi connectivity index (χ3v) is 6.97. The van der Waals surface area contributed by atoms with Crippen LogP contribution in [0.1, 0.15) is 54.5 Å². The number of carbonyl (C=O) groups is 2. The molecule has 12 heteroatoms. The lowest BCUT2D eigenvalue weighted by atomic mass is 10.00. The molecule has 1 aromatic heterocycles. The van der Waals surface area contributed by atoms with Gasteiger partial charge in [0.25, 0.3) is 11.8 Å². The third kappa shape index (κ3) is 6.58. The first-order valence-electron chi connectivity index (χ1n) is 11.9. The van der Waals surface area contributed by atoms with Crippen molar-refractivity contribution in [2.45, 2.75) is 57.9 Å². The van der Waals surface area contributed by atoms with E-state index in [-0.39, 0.29) is 46.0 Å². The maximum Gasteiger partial charge on any atom is 0.417 e. The Hall–Kier alpha value is -3.28. The number of alkyl halides is 5. The number of amides is 2.